The third kappa shape index (κ3) is 2.13. The van der Waals surface area contributed by atoms with Crippen molar-refractivity contribution in [1.29, 1.82) is 0 Å². The maximum absolute atomic E-state index is 14.1. The van der Waals surface area contributed by atoms with E-state index < -0.39 is 0 Å². The molecule has 1 aromatic heterocycles. The molecule has 3 rings (SSSR count). The SMILES string of the molecule is CC1c2ccsc2CCN1c1cccc(F)c1[C@H](C)N. The fourth-order valence-corrected chi connectivity index (χ4v) is 4.03. The van der Waals surface area contributed by atoms with Crippen molar-refractivity contribution in [2.24, 2.45) is 5.73 Å². The van der Waals surface area contributed by atoms with Gasteiger partial charge in [0.05, 0.1) is 6.04 Å². The van der Waals surface area contributed by atoms with Gasteiger partial charge in [0.1, 0.15) is 5.82 Å². The summed E-state index contributed by atoms with van der Waals surface area (Å²) in [6.45, 7) is 4.94. The van der Waals surface area contributed by atoms with Gasteiger partial charge in [0.2, 0.25) is 0 Å². The van der Waals surface area contributed by atoms with Gasteiger partial charge in [0.15, 0.2) is 0 Å². The van der Waals surface area contributed by atoms with Crippen LogP contribution in [-0.4, -0.2) is 6.54 Å². The van der Waals surface area contributed by atoms with Crippen LogP contribution in [-0.2, 0) is 6.42 Å². The number of hydrogen-bond donors (Lipinski definition) is 1. The summed E-state index contributed by atoms with van der Waals surface area (Å²) in [7, 11) is 0. The van der Waals surface area contributed by atoms with Crippen LogP contribution in [0, 0.1) is 5.82 Å². The summed E-state index contributed by atoms with van der Waals surface area (Å²) in [5, 5.41) is 2.14. The molecule has 0 aliphatic carbocycles. The zero-order valence-corrected chi connectivity index (χ0v) is 12.6. The summed E-state index contributed by atoms with van der Waals surface area (Å²) in [5.74, 6) is -0.208. The van der Waals surface area contributed by atoms with Crippen LogP contribution in [0.2, 0.25) is 0 Å². The van der Waals surface area contributed by atoms with Crippen molar-refractivity contribution in [3.63, 3.8) is 0 Å². The second-order valence-corrected chi connectivity index (χ2v) is 6.38. The van der Waals surface area contributed by atoms with E-state index in [0.29, 0.717) is 5.56 Å². The van der Waals surface area contributed by atoms with Gasteiger partial charge in [-0.3, -0.25) is 0 Å². The summed E-state index contributed by atoms with van der Waals surface area (Å²) in [6.07, 6.45) is 1.02. The van der Waals surface area contributed by atoms with Crippen molar-refractivity contribution in [2.75, 3.05) is 11.4 Å². The van der Waals surface area contributed by atoms with Gasteiger partial charge in [0, 0.05) is 28.7 Å². The molecular weight excluding hydrogens is 271 g/mol. The molecule has 0 saturated carbocycles. The fourth-order valence-electron chi connectivity index (χ4n) is 3.07. The molecule has 1 aliphatic rings. The van der Waals surface area contributed by atoms with Crippen LogP contribution in [0.4, 0.5) is 10.1 Å². The van der Waals surface area contributed by atoms with Crippen LogP contribution >= 0.6 is 11.3 Å². The first-order valence-electron chi connectivity index (χ1n) is 6.96. The van der Waals surface area contributed by atoms with Crippen molar-refractivity contribution in [1.82, 2.24) is 0 Å². The van der Waals surface area contributed by atoms with Gasteiger partial charge < -0.3 is 10.6 Å². The molecule has 20 heavy (non-hydrogen) atoms. The normalized spacial score (nSPS) is 19.8. The first-order valence-corrected chi connectivity index (χ1v) is 7.84. The molecule has 4 heteroatoms. The number of anilines is 1. The summed E-state index contributed by atoms with van der Waals surface area (Å²) >= 11 is 1.81. The van der Waals surface area contributed by atoms with Gasteiger partial charge in [-0.2, -0.15) is 0 Å². The lowest BCUT2D eigenvalue weighted by atomic mass is 9.97. The molecule has 2 atom stereocenters. The minimum atomic E-state index is -0.303. The second-order valence-electron chi connectivity index (χ2n) is 5.38. The number of nitrogens with zero attached hydrogens (tertiary/aromatic N) is 1. The van der Waals surface area contributed by atoms with Crippen LogP contribution in [0.1, 0.15) is 41.9 Å². The van der Waals surface area contributed by atoms with Gasteiger partial charge in [0.25, 0.3) is 0 Å². The molecule has 1 aliphatic heterocycles. The van der Waals surface area contributed by atoms with Gasteiger partial charge in [-0.25, -0.2) is 4.39 Å². The highest BCUT2D eigenvalue weighted by atomic mass is 32.1. The molecule has 2 aromatic rings. The number of thiophene rings is 1. The quantitative estimate of drug-likeness (QED) is 0.904. The van der Waals surface area contributed by atoms with Crippen molar-refractivity contribution in [3.05, 3.63) is 51.5 Å². The van der Waals surface area contributed by atoms with Crippen LogP contribution in [0.3, 0.4) is 0 Å². The van der Waals surface area contributed by atoms with E-state index in [1.165, 1.54) is 16.5 Å². The van der Waals surface area contributed by atoms with Gasteiger partial charge in [-0.1, -0.05) is 6.07 Å². The maximum Gasteiger partial charge on any atom is 0.130 e. The van der Waals surface area contributed by atoms with E-state index in [2.05, 4.69) is 23.3 Å². The number of nitrogens with two attached hydrogens (primary N) is 1. The lowest BCUT2D eigenvalue weighted by molar-refractivity contribution is 0.580. The summed E-state index contributed by atoms with van der Waals surface area (Å²) in [5.41, 5.74) is 8.90. The first-order chi connectivity index (χ1) is 9.59. The van der Waals surface area contributed by atoms with Crippen molar-refractivity contribution in [2.45, 2.75) is 32.4 Å². The average Bonchev–Trinajstić information content (AvgIpc) is 2.87. The largest absolute Gasteiger partial charge is 0.364 e. The maximum atomic E-state index is 14.1. The monoisotopic (exact) mass is 290 g/mol. The molecule has 0 bridgehead atoms. The van der Waals surface area contributed by atoms with E-state index in [1.54, 1.807) is 6.07 Å². The van der Waals surface area contributed by atoms with Crippen molar-refractivity contribution < 1.29 is 4.39 Å². The van der Waals surface area contributed by atoms with Crippen LogP contribution in [0.5, 0.6) is 0 Å². The highest BCUT2D eigenvalue weighted by Crippen LogP contribution is 2.39. The number of fused-ring (bicyclic) bond motifs is 1. The molecule has 2 heterocycles. The average molecular weight is 290 g/mol. The fraction of sp³-hybridized carbons (Fsp3) is 0.375. The van der Waals surface area contributed by atoms with E-state index in [0.717, 1.165) is 18.7 Å². The summed E-state index contributed by atoms with van der Waals surface area (Å²) < 4.78 is 14.1. The second kappa shape index (κ2) is 5.19. The Bertz CT molecular complexity index is 621. The Labute approximate surface area is 123 Å². The number of halogens is 1. The van der Waals surface area contributed by atoms with Crippen molar-refractivity contribution in [3.8, 4) is 0 Å². The van der Waals surface area contributed by atoms with E-state index in [4.69, 9.17) is 5.73 Å². The topological polar surface area (TPSA) is 29.3 Å². The third-order valence-electron chi connectivity index (χ3n) is 4.07. The minimum absolute atomic E-state index is 0.208. The van der Waals surface area contributed by atoms with E-state index in [-0.39, 0.29) is 17.9 Å². The molecule has 0 fully saturated rings. The molecule has 0 amide bonds. The van der Waals surface area contributed by atoms with E-state index in [9.17, 15) is 4.39 Å². The summed E-state index contributed by atoms with van der Waals surface area (Å²) in [6, 6.07) is 7.39. The van der Waals surface area contributed by atoms with E-state index >= 15 is 0 Å². The zero-order chi connectivity index (χ0) is 14.3. The molecule has 106 valence electrons. The highest BCUT2D eigenvalue weighted by molar-refractivity contribution is 7.10. The lowest BCUT2D eigenvalue weighted by Gasteiger charge is -2.37. The molecule has 1 aromatic carbocycles. The summed E-state index contributed by atoms with van der Waals surface area (Å²) in [4.78, 5) is 3.73. The number of rotatable bonds is 2. The molecule has 0 spiro atoms. The zero-order valence-electron chi connectivity index (χ0n) is 11.8. The predicted octanol–water partition coefficient (Wildman–Crippen LogP) is 4.03. The van der Waals surface area contributed by atoms with Crippen LogP contribution in [0.25, 0.3) is 0 Å². The standard InChI is InChI=1S/C16H19FN2S/c1-10(18)16-13(17)4-3-5-14(16)19-8-6-15-12(11(19)2)7-9-20-15/h3-5,7,9-11H,6,8,18H2,1-2H3/t10-,11?/m0/s1. The molecule has 2 nitrogen and oxygen atoms in total. The molecule has 2 N–H and O–H groups in total. The lowest BCUT2D eigenvalue weighted by Crippen LogP contribution is -2.34. The van der Waals surface area contributed by atoms with Crippen LogP contribution < -0.4 is 10.6 Å². The Morgan fingerprint density at radius 2 is 2.20 bits per heavy atom. The minimum Gasteiger partial charge on any atom is -0.364 e. The van der Waals surface area contributed by atoms with Gasteiger partial charge in [-0.15, -0.1) is 11.3 Å². The Hall–Kier alpha value is -1.39. The number of benzene rings is 1. The van der Waals surface area contributed by atoms with Gasteiger partial charge >= 0.3 is 0 Å². The Morgan fingerprint density at radius 3 is 2.95 bits per heavy atom. The highest BCUT2D eigenvalue weighted by Gasteiger charge is 2.27. The third-order valence-corrected chi connectivity index (χ3v) is 5.07. The Morgan fingerprint density at radius 1 is 1.40 bits per heavy atom. The molecule has 0 radical (unpaired) electrons. The smallest absolute Gasteiger partial charge is 0.130 e. The first kappa shape index (κ1) is 13.6. The number of hydrogen-bond acceptors (Lipinski definition) is 3. The Balaban J connectivity index is 2.05. The molecular formula is C16H19FN2S. The van der Waals surface area contributed by atoms with Crippen LogP contribution in [0.15, 0.2) is 29.6 Å². The predicted molar refractivity (Wildman–Crippen MR) is 82.8 cm³/mol. The van der Waals surface area contributed by atoms with Gasteiger partial charge in [-0.05, 0) is 49.4 Å². The van der Waals surface area contributed by atoms with E-state index in [1.807, 2.05) is 24.3 Å². The molecule has 1 unspecified atom stereocenters. The Kier molecular flexibility index (Phi) is 3.52. The van der Waals surface area contributed by atoms with Crippen molar-refractivity contribution >= 4 is 17.0 Å². The molecule has 0 saturated heterocycles.